The molecule has 4 atom stereocenters. The number of ketones is 1. The molecule has 0 bridgehead atoms. The standard InChI is InChI=1S/C29H31NO6/c1-5-35-28(32)23-17(3)30-22-16-21(19-13-10-14-20(15-19)34-4)25(29(33)36-6-2)27(31)26(22)24(23)18-11-8-7-9-12-18/h7-15,21,24-26H,5-6,16H2,1-4H3/t21-,24+,25-,26?/m0/s1. The fraction of sp³-hybridized carbons (Fsp3) is 0.379. The molecule has 0 saturated heterocycles. The van der Waals surface area contributed by atoms with Crippen LogP contribution in [0, 0.1) is 11.8 Å². The largest absolute Gasteiger partial charge is 0.497 e. The van der Waals surface area contributed by atoms with Gasteiger partial charge in [-0.1, -0.05) is 42.5 Å². The Hall–Kier alpha value is -3.74. The van der Waals surface area contributed by atoms with Crippen LogP contribution in [0.25, 0.3) is 0 Å². The minimum Gasteiger partial charge on any atom is -0.497 e. The molecule has 0 N–H and O–H groups in total. The Balaban J connectivity index is 1.88. The average Bonchev–Trinajstić information content (AvgIpc) is 2.88. The molecule has 188 valence electrons. The lowest BCUT2D eigenvalue weighted by Crippen LogP contribution is -2.48. The van der Waals surface area contributed by atoms with Crippen LogP contribution in [0.2, 0.25) is 0 Å². The summed E-state index contributed by atoms with van der Waals surface area (Å²) in [5.74, 6) is -3.59. The lowest BCUT2D eigenvalue weighted by molar-refractivity contribution is -0.153. The molecular formula is C29H31NO6. The minimum absolute atomic E-state index is 0.161. The molecule has 36 heavy (non-hydrogen) atoms. The summed E-state index contributed by atoms with van der Waals surface area (Å²) in [5, 5.41) is 0. The summed E-state index contributed by atoms with van der Waals surface area (Å²) in [4.78, 5) is 45.3. The SMILES string of the molecule is CCOC(=O)C1=C(C)N=C2C[C@@H](c3cccc(OC)c3)[C@H](C(=O)OCC)C(=O)C2[C@@H]1c1ccccc1. The fourth-order valence-electron chi connectivity index (χ4n) is 5.36. The predicted octanol–water partition coefficient (Wildman–Crippen LogP) is 4.62. The Morgan fingerprint density at radius 2 is 1.64 bits per heavy atom. The molecule has 7 heteroatoms. The van der Waals surface area contributed by atoms with Crippen LogP contribution >= 0.6 is 0 Å². The molecular weight excluding hydrogens is 458 g/mol. The van der Waals surface area contributed by atoms with Crippen molar-refractivity contribution >= 4 is 23.4 Å². The molecule has 1 aliphatic carbocycles. The van der Waals surface area contributed by atoms with Crippen LogP contribution in [0.4, 0.5) is 0 Å². The smallest absolute Gasteiger partial charge is 0.336 e. The van der Waals surface area contributed by atoms with Crippen molar-refractivity contribution < 1.29 is 28.6 Å². The zero-order valence-electron chi connectivity index (χ0n) is 21.0. The van der Waals surface area contributed by atoms with Crippen LogP contribution in [0.3, 0.4) is 0 Å². The monoisotopic (exact) mass is 489 g/mol. The second-order valence-electron chi connectivity index (χ2n) is 8.91. The second-order valence-corrected chi connectivity index (χ2v) is 8.91. The number of methoxy groups -OCH3 is 1. The number of ether oxygens (including phenoxy) is 3. The summed E-state index contributed by atoms with van der Waals surface area (Å²) in [6.45, 7) is 5.60. The molecule has 0 spiro atoms. The van der Waals surface area contributed by atoms with E-state index < -0.39 is 35.6 Å². The van der Waals surface area contributed by atoms with E-state index in [2.05, 4.69) is 0 Å². The third-order valence-electron chi connectivity index (χ3n) is 6.87. The number of rotatable bonds is 7. The maximum atomic E-state index is 14.2. The van der Waals surface area contributed by atoms with E-state index in [-0.39, 0.29) is 19.0 Å². The number of carbonyl (C=O) groups excluding carboxylic acids is 3. The summed E-state index contributed by atoms with van der Waals surface area (Å²) < 4.78 is 16.1. The first-order valence-corrected chi connectivity index (χ1v) is 12.3. The van der Waals surface area contributed by atoms with Gasteiger partial charge in [0.2, 0.25) is 0 Å². The van der Waals surface area contributed by atoms with Gasteiger partial charge in [-0.15, -0.1) is 0 Å². The van der Waals surface area contributed by atoms with E-state index in [1.807, 2.05) is 54.6 Å². The molecule has 1 fully saturated rings. The van der Waals surface area contributed by atoms with Gasteiger partial charge < -0.3 is 14.2 Å². The highest BCUT2D eigenvalue weighted by molar-refractivity contribution is 6.17. The first kappa shape index (κ1) is 25.4. The number of allylic oxidation sites excluding steroid dienone is 1. The second kappa shape index (κ2) is 10.9. The van der Waals surface area contributed by atoms with E-state index in [0.717, 1.165) is 11.1 Å². The van der Waals surface area contributed by atoms with Gasteiger partial charge in [0.25, 0.3) is 0 Å². The zero-order valence-corrected chi connectivity index (χ0v) is 21.0. The molecule has 2 aliphatic rings. The zero-order chi connectivity index (χ0) is 25.8. The summed E-state index contributed by atoms with van der Waals surface area (Å²) >= 11 is 0. The van der Waals surface area contributed by atoms with Gasteiger partial charge in [0, 0.05) is 23.2 Å². The van der Waals surface area contributed by atoms with Crippen LogP contribution in [-0.2, 0) is 23.9 Å². The molecule has 1 unspecified atom stereocenters. The van der Waals surface area contributed by atoms with Crippen molar-refractivity contribution in [1.29, 1.82) is 0 Å². The van der Waals surface area contributed by atoms with Crippen molar-refractivity contribution in [3.63, 3.8) is 0 Å². The van der Waals surface area contributed by atoms with E-state index in [4.69, 9.17) is 19.2 Å². The highest BCUT2D eigenvalue weighted by Crippen LogP contribution is 2.48. The topological polar surface area (TPSA) is 91.3 Å². The minimum atomic E-state index is -1.03. The summed E-state index contributed by atoms with van der Waals surface area (Å²) in [6.07, 6.45) is 0.379. The lowest BCUT2D eigenvalue weighted by atomic mass is 9.62. The normalized spacial score (nSPS) is 23.4. The molecule has 2 aromatic rings. The van der Waals surface area contributed by atoms with Gasteiger partial charge in [-0.2, -0.15) is 0 Å². The van der Waals surface area contributed by atoms with Crippen molar-refractivity contribution in [2.24, 2.45) is 16.8 Å². The third-order valence-corrected chi connectivity index (χ3v) is 6.87. The van der Waals surface area contributed by atoms with Crippen LogP contribution in [-0.4, -0.2) is 43.8 Å². The highest BCUT2D eigenvalue weighted by atomic mass is 16.5. The molecule has 0 aromatic heterocycles. The van der Waals surface area contributed by atoms with Crippen LogP contribution < -0.4 is 4.74 Å². The van der Waals surface area contributed by atoms with E-state index >= 15 is 0 Å². The van der Waals surface area contributed by atoms with Gasteiger partial charge in [0.15, 0.2) is 5.78 Å². The highest BCUT2D eigenvalue weighted by Gasteiger charge is 2.53. The first-order valence-electron chi connectivity index (χ1n) is 12.3. The number of aliphatic imine (C=N–C) groups is 1. The molecule has 7 nitrogen and oxygen atoms in total. The van der Waals surface area contributed by atoms with Crippen molar-refractivity contribution in [3.8, 4) is 5.75 Å². The van der Waals surface area contributed by atoms with E-state index in [9.17, 15) is 14.4 Å². The van der Waals surface area contributed by atoms with Gasteiger partial charge in [-0.3, -0.25) is 14.6 Å². The summed E-state index contributed by atoms with van der Waals surface area (Å²) in [6, 6.07) is 16.8. The first-order chi connectivity index (χ1) is 17.4. The van der Waals surface area contributed by atoms with Gasteiger partial charge in [0.05, 0.1) is 31.8 Å². The number of carbonyl (C=O) groups is 3. The lowest BCUT2D eigenvalue weighted by Gasteiger charge is -2.41. The van der Waals surface area contributed by atoms with Gasteiger partial charge in [-0.05, 0) is 50.5 Å². The Labute approximate surface area is 211 Å². The number of fused-ring (bicyclic) bond motifs is 1. The van der Waals surface area contributed by atoms with Gasteiger partial charge >= 0.3 is 11.9 Å². The van der Waals surface area contributed by atoms with Crippen LogP contribution in [0.15, 0.2) is 70.9 Å². The van der Waals surface area contributed by atoms with Crippen molar-refractivity contribution in [2.45, 2.75) is 39.0 Å². The summed E-state index contributed by atoms with van der Waals surface area (Å²) in [7, 11) is 1.57. The Morgan fingerprint density at radius 1 is 0.944 bits per heavy atom. The maximum absolute atomic E-state index is 14.2. The third kappa shape index (κ3) is 4.70. The molecule has 4 rings (SSSR count). The number of esters is 2. The Morgan fingerprint density at radius 3 is 2.31 bits per heavy atom. The maximum Gasteiger partial charge on any atom is 0.336 e. The fourth-order valence-corrected chi connectivity index (χ4v) is 5.36. The predicted molar refractivity (Wildman–Crippen MR) is 135 cm³/mol. The van der Waals surface area contributed by atoms with Gasteiger partial charge in [-0.25, -0.2) is 4.79 Å². The Kier molecular flexibility index (Phi) is 7.67. The Bertz CT molecular complexity index is 1220. The number of Topliss-reactive ketones (excluding diaryl/α,β-unsaturated/α-hetero) is 1. The summed E-state index contributed by atoms with van der Waals surface area (Å²) in [5.41, 5.74) is 3.14. The quantitative estimate of drug-likeness (QED) is 0.416. The molecule has 0 radical (unpaired) electrons. The molecule has 1 aliphatic heterocycles. The number of nitrogens with zero attached hydrogens (tertiary/aromatic N) is 1. The number of hydrogen-bond donors (Lipinski definition) is 0. The van der Waals surface area contributed by atoms with E-state index in [1.54, 1.807) is 27.9 Å². The molecule has 1 heterocycles. The molecule has 1 saturated carbocycles. The number of benzene rings is 2. The van der Waals surface area contributed by atoms with Gasteiger partial charge in [0.1, 0.15) is 11.7 Å². The van der Waals surface area contributed by atoms with E-state index in [1.165, 1.54) is 0 Å². The molecule has 0 amide bonds. The number of hydrogen-bond acceptors (Lipinski definition) is 7. The average molecular weight is 490 g/mol. The van der Waals surface area contributed by atoms with Crippen molar-refractivity contribution in [1.82, 2.24) is 0 Å². The van der Waals surface area contributed by atoms with Crippen LogP contribution in [0.5, 0.6) is 5.75 Å². The van der Waals surface area contributed by atoms with Crippen LogP contribution in [0.1, 0.15) is 50.2 Å². The van der Waals surface area contributed by atoms with Crippen molar-refractivity contribution in [2.75, 3.05) is 20.3 Å². The van der Waals surface area contributed by atoms with E-state index in [0.29, 0.717) is 29.2 Å². The van der Waals surface area contributed by atoms with Crippen molar-refractivity contribution in [3.05, 3.63) is 77.0 Å². The molecule has 2 aromatic carbocycles.